The summed E-state index contributed by atoms with van der Waals surface area (Å²) >= 11 is 0. The molecule has 2 fully saturated rings. The summed E-state index contributed by atoms with van der Waals surface area (Å²) in [5, 5.41) is 0. The van der Waals surface area contributed by atoms with Crippen LogP contribution in [0.1, 0.15) is 86.8 Å². The van der Waals surface area contributed by atoms with Crippen molar-refractivity contribution in [2.75, 3.05) is 4.90 Å². The quantitative estimate of drug-likeness (QED) is 0.175. The molecule has 0 saturated heterocycles. The zero-order valence-corrected chi connectivity index (χ0v) is 32.9. The first-order valence-electron chi connectivity index (χ1n) is 20.9. The van der Waals surface area contributed by atoms with Crippen LogP contribution in [0, 0.1) is 11.8 Å². The molecular weight excluding hydrogens is 675 g/mol. The third-order valence-corrected chi connectivity index (χ3v) is 15.1. The van der Waals surface area contributed by atoms with E-state index in [2.05, 4.69) is 184 Å². The number of anilines is 3. The van der Waals surface area contributed by atoms with E-state index in [4.69, 9.17) is 0 Å². The van der Waals surface area contributed by atoms with Crippen molar-refractivity contribution in [3.8, 4) is 44.5 Å². The van der Waals surface area contributed by atoms with E-state index >= 15 is 0 Å². The van der Waals surface area contributed by atoms with Crippen LogP contribution in [0.5, 0.6) is 0 Å². The Morgan fingerprint density at radius 2 is 0.964 bits per heavy atom. The third-order valence-electron chi connectivity index (χ3n) is 15.1. The fourth-order valence-corrected chi connectivity index (χ4v) is 12.7. The largest absolute Gasteiger partial charge is 0.310 e. The average molecular weight is 722 g/mol. The number of nitrogens with zero attached hydrogens (tertiary/aromatic N) is 1. The topological polar surface area (TPSA) is 3.24 Å². The van der Waals surface area contributed by atoms with E-state index in [9.17, 15) is 0 Å². The standard InChI is InChI=1S/C55H47N/c1-53(2)47-20-8-5-15-41(47)44-27-25-38(31-50(44)53)56(39-26-28-45-42-16-7-10-22-49(42)55(51(45)32-39)33-34-23-24-36(55)29-34)37-14-11-13-35(30-37)40-18-12-19-46-43-17-6-9-21-48(43)54(3,4)52(40)46/h5-22,25-28,30-32,34,36H,23-24,29,33H2,1-4H3. The summed E-state index contributed by atoms with van der Waals surface area (Å²) in [6.45, 7) is 9.59. The molecule has 5 aliphatic rings. The van der Waals surface area contributed by atoms with Crippen LogP contribution in [-0.2, 0) is 16.2 Å². The van der Waals surface area contributed by atoms with Crippen molar-refractivity contribution in [2.45, 2.75) is 69.6 Å². The molecule has 7 aromatic carbocycles. The highest BCUT2D eigenvalue weighted by Crippen LogP contribution is 2.66. The maximum Gasteiger partial charge on any atom is 0.0467 e. The van der Waals surface area contributed by atoms with Crippen molar-refractivity contribution in [2.24, 2.45) is 11.8 Å². The van der Waals surface area contributed by atoms with Crippen molar-refractivity contribution >= 4 is 17.1 Å². The SMILES string of the molecule is CC1(C)c2ccccc2-c2ccc(N(c3cccc(-c4cccc5c4C(C)(C)c4ccccc4-5)c3)c3ccc4c(c3)C3(CC5CCC3C5)c3ccccc3-4)cc21. The molecule has 3 atom stereocenters. The molecule has 2 saturated carbocycles. The van der Waals surface area contributed by atoms with Gasteiger partial charge in [-0.1, -0.05) is 149 Å². The fraction of sp³-hybridized carbons (Fsp3) is 0.236. The Balaban J connectivity index is 1.06. The molecule has 272 valence electrons. The summed E-state index contributed by atoms with van der Waals surface area (Å²) in [5.74, 6) is 1.55. The molecule has 2 bridgehead atoms. The first-order chi connectivity index (χ1) is 27.2. The minimum absolute atomic E-state index is 0.0899. The van der Waals surface area contributed by atoms with Crippen LogP contribution in [0.4, 0.5) is 17.1 Å². The Bertz CT molecular complexity index is 2800. The predicted molar refractivity (Wildman–Crippen MR) is 233 cm³/mol. The lowest BCUT2D eigenvalue weighted by Gasteiger charge is -2.37. The summed E-state index contributed by atoms with van der Waals surface area (Å²) in [5.41, 5.74) is 23.3. The third kappa shape index (κ3) is 4.16. The van der Waals surface area contributed by atoms with E-state index in [0.29, 0.717) is 5.92 Å². The van der Waals surface area contributed by atoms with Crippen LogP contribution < -0.4 is 4.90 Å². The molecule has 1 spiro atoms. The van der Waals surface area contributed by atoms with Gasteiger partial charge in [-0.15, -0.1) is 0 Å². The summed E-state index contributed by atoms with van der Waals surface area (Å²) in [6, 6.07) is 58.4. The monoisotopic (exact) mass is 721 g/mol. The van der Waals surface area contributed by atoms with Gasteiger partial charge in [0.15, 0.2) is 0 Å². The van der Waals surface area contributed by atoms with Crippen molar-refractivity contribution in [1.82, 2.24) is 0 Å². The molecule has 0 radical (unpaired) electrons. The highest BCUT2D eigenvalue weighted by molar-refractivity contribution is 5.92. The molecule has 0 N–H and O–H groups in total. The van der Waals surface area contributed by atoms with Crippen LogP contribution in [0.2, 0.25) is 0 Å². The van der Waals surface area contributed by atoms with E-state index < -0.39 is 0 Å². The second-order valence-corrected chi connectivity index (χ2v) is 18.5. The van der Waals surface area contributed by atoms with E-state index in [1.165, 1.54) is 110 Å². The second kappa shape index (κ2) is 11.2. The number of hydrogen-bond donors (Lipinski definition) is 0. The van der Waals surface area contributed by atoms with Gasteiger partial charge in [0.2, 0.25) is 0 Å². The van der Waals surface area contributed by atoms with Crippen LogP contribution in [0.25, 0.3) is 44.5 Å². The van der Waals surface area contributed by atoms with E-state index in [1.807, 2.05) is 0 Å². The molecule has 1 heteroatoms. The lowest BCUT2D eigenvalue weighted by molar-refractivity contribution is 0.327. The van der Waals surface area contributed by atoms with Crippen LogP contribution in [0.15, 0.2) is 152 Å². The van der Waals surface area contributed by atoms with Gasteiger partial charge in [0.25, 0.3) is 0 Å². The van der Waals surface area contributed by atoms with Crippen LogP contribution in [0.3, 0.4) is 0 Å². The smallest absolute Gasteiger partial charge is 0.0467 e. The highest BCUT2D eigenvalue weighted by Gasteiger charge is 2.56. The van der Waals surface area contributed by atoms with Gasteiger partial charge in [-0.2, -0.15) is 0 Å². The average Bonchev–Trinajstić information content (AvgIpc) is 4.02. The van der Waals surface area contributed by atoms with Gasteiger partial charge in [-0.3, -0.25) is 0 Å². The normalized spacial score (nSPS) is 22.0. The molecule has 5 aliphatic carbocycles. The Morgan fingerprint density at radius 3 is 1.66 bits per heavy atom. The van der Waals surface area contributed by atoms with Gasteiger partial charge in [0.1, 0.15) is 0 Å². The molecule has 0 aromatic heterocycles. The summed E-state index contributed by atoms with van der Waals surface area (Å²) in [6.07, 6.45) is 5.38. The fourth-order valence-electron chi connectivity index (χ4n) is 12.7. The zero-order chi connectivity index (χ0) is 37.6. The number of rotatable bonds is 4. The highest BCUT2D eigenvalue weighted by atomic mass is 15.1. The summed E-state index contributed by atoms with van der Waals surface area (Å²) in [7, 11) is 0. The minimum atomic E-state index is -0.0945. The van der Waals surface area contributed by atoms with Gasteiger partial charge in [-0.25, -0.2) is 0 Å². The molecule has 0 amide bonds. The van der Waals surface area contributed by atoms with Crippen molar-refractivity contribution in [1.29, 1.82) is 0 Å². The zero-order valence-electron chi connectivity index (χ0n) is 32.9. The van der Waals surface area contributed by atoms with Crippen LogP contribution >= 0.6 is 0 Å². The predicted octanol–water partition coefficient (Wildman–Crippen LogP) is 14.5. The molecule has 7 aromatic rings. The van der Waals surface area contributed by atoms with Gasteiger partial charge in [0, 0.05) is 33.3 Å². The van der Waals surface area contributed by atoms with Crippen LogP contribution in [-0.4, -0.2) is 0 Å². The molecule has 1 nitrogen and oxygen atoms in total. The Kier molecular flexibility index (Phi) is 6.53. The number of fused-ring (bicyclic) bond motifs is 14. The van der Waals surface area contributed by atoms with Crippen molar-refractivity contribution < 1.29 is 0 Å². The molecule has 0 heterocycles. The van der Waals surface area contributed by atoms with E-state index in [-0.39, 0.29) is 16.2 Å². The van der Waals surface area contributed by atoms with Crippen molar-refractivity contribution in [3.05, 3.63) is 185 Å². The molecule has 3 unspecified atom stereocenters. The minimum Gasteiger partial charge on any atom is -0.310 e. The van der Waals surface area contributed by atoms with Crippen molar-refractivity contribution in [3.63, 3.8) is 0 Å². The van der Waals surface area contributed by atoms with E-state index in [0.717, 1.165) is 5.92 Å². The van der Waals surface area contributed by atoms with Gasteiger partial charge >= 0.3 is 0 Å². The Labute approximate surface area is 331 Å². The first-order valence-corrected chi connectivity index (χ1v) is 20.9. The molecule has 12 rings (SSSR count). The maximum absolute atomic E-state index is 2.61. The molecule has 0 aliphatic heterocycles. The Morgan fingerprint density at radius 1 is 0.429 bits per heavy atom. The second-order valence-electron chi connectivity index (χ2n) is 18.5. The number of benzene rings is 7. The molecular formula is C55H47N. The lowest BCUT2D eigenvalue weighted by Crippen LogP contribution is -2.32. The summed E-state index contributed by atoms with van der Waals surface area (Å²) in [4.78, 5) is 2.57. The van der Waals surface area contributed by atoms with Gasteiger partial charge in [0.05, 0.1) is 0 Å². The Hall–Kier alpha value is -5.66. The van der Waals surface area contributed by atoms with Gasteiger partial charge in [-0.05, 0) is 145 Å². The first kappa shape index (κ1) is 32.6. The summed E-state index contributed by atoms with van der Waals surface area (Å²) < 4.78 is 0. The molecule has 56 heavy (non-hydrogen) atoms. The lowest BCUT2D eigenvalue weighted by atomic mass is 9.67. The van der Waals surface area contributed by atoms with Gasteiger partial charge < -0.3 is 4.90 Å². The maximum atomic E-state index is 2.61. The number of hydrogen-bond acceptors (Lipinski definition) is 1. The van der Waals surface area contributed by atoms with E-state index in [1.54, 1.807) is 11.1 Å².